The normalized spacial score (nSPS) is 10.2. The molecule has 0 N–H and O–H groups in total. The molecule has 0 saturated heterocycles. The molecule has 0 amide bonds. The third kappa shape index (κ3) is 3.39. The fourth-order valence-electron chi connectivity index (χ4n) is 1.25. The summed E-state index contributed by atoms with van der Waals surface area (Å²) in [4.78, 5) is 18.1. The second-order valence-electron chi connectivity index (χ2n) is 3.48. The molecule has 0 unspecified atom stereocenters. The molecule has 2 rings (SSSR count). The quantitative estimate of drug-likeness (QED) is 0.480. The van der Waals surface area contributed by atoms with Crippen molar-refractivity contribution < 1.29 is 9.66 Å². The van der Waals surface area contributed by atoms with Crippen molar-refractivity contribution >= 4 is 33.2 Å². The van der Waals surface area contributed by atoms with Gasteiger partial charge in [0.1, 0.15) is 0 Å². The number of aromatic nitrogens is 2. The van der Waals surface area contributed by atoms with Crippen molar-refractivity contribution in [3.63, 3.8) is 0 Å². The van der Waals surface area contributed by atoms with Crippen molar-refractivity contribution in [1.82, 2.24) is 9.97 Å². The first-order valence-electron chi connectivity index (χ1n) is 5.09. The zero-order chi connectivity index (χ0) is 13.8. The Morgan fingerprint density at radius 2 is 2.05 bits per heavy atom. The average Bonchev–Trinajstić information content (AvgIpc) is 2.42. The molecule has 0 spiro atoms. The van der Waals surface area contributed by atoms with E-state index in [1.807, 2.05) is 0 Å². The number of nitrogens with zero attached hydrogens (tertiary/aromatic N) is 3. The molecule has 0 aliphatic carbocycles. The number of ether oxygens (including phenoxy) is 1. The van der Waals surface area contributed by atoms with E-state index in [0.29, 0.717) is 5.33 Å². The van der Waals surface area contributed by atoms with Gasteiger partial charge in [-0.15, -0.1) is 0 Å². The second kappa shape index (κ2) is 5.94. The maximum atomic E-state index is 10.7. The summed E-state index contributed by atoms with van der Waals surface area (Å²) in [5.74, 6) is 0.141. The Balaban J connectivity index is 2.26. The van der Waals surface area contributed by atoms with E-state index >= 15 is 0 Å². The molecule has 0 atom stereocenters. The third-order valence-corrected chi connectivity index (χ3v) is 3.12. The molecular weight excluding hydrogens is 337 g/mol. The van der Waals surface area contributed by atoms with Crippen LogP contribution in [0.1, 0.15) is 5.56 Å². The number of nitro benzene ring substituents is 1. The molecule has 2 aromatic rings. The van der Waals surface area contributed by atoms with Gasteiger partial charge in [0.05, 0.1) is 16.0 Å². The van der Waals surface area contributed by atoms with Crippen LogP contribution < -0.4 is 4.74 Å². The zero-order valence-corrected chi connectivity index (χ0v) is 11.8. The molecule has 1 aromatic heterocycles. The van der Waals surface area contributed by atoms with Gasteiger partial charge in [0, 0.05) is 23.8 Å². The minimum atomic E-state index is -0.530. The maximum Gasteiger partial charge on any atom is 0.321 e. The summed E-state index contributed by atoms with van der Waals surface area (Å²) in [6.07, 6.45) is 3.17. The summed E-state index contributed by atoms with van der Waals surface area (Å²) < 4.78 is 5.33. The molecule has 0 saturated carbocycles. The molecule has 1 aromatic carbocycles. The number of benzene rings is 1. The van der Waals surface area contributed by atoms with E-state index in [1.54, 1.807) is 12.4 Å². The highest BCUT2D eigenvalue weighted by Gasteiger charge is 2.12. The molecular formula is C11H7BrClN3O3. The van der Waals surface area contributed by atoms with Gasteiger partial charge in [-0.1, -0.05) is 27.5 Å². The van der Waals surface area contributed by atoms with E-state index in [-0.39, 0.29) is 22.5 Å². The highest BCUT2D eigenvalue weighted by Crippen LogP contribution is 2.31. The minimum Gasteiger partial charge on any atom is -0.422 e. The molecule has 98 valence electrons. The first kappa shape index (κ1) is 13.7. The zero-order valence-electron chi connectivity index (χ0n) is 9.42. The topological polar surface area (TPSA) is 78.2 Å². The fourth-order valence-corrected chi connectivity index (χ4v) is 1.69. The molecule has 0 radical (unpaired) electrons. The molecule has 0 fully saturated rings. The highest BCUT2D eigenvalue weighted by atomic mass is 79.9. The van der Waals surface area contributed by atoms with E-state index in [1.165, 1.54) is 18.2 Å². The summed E-state index contributed by atoms with van der Waals surface area (Å²) in [5.41, 5.74) is 0.772. The number of hydrogen-bond donors (Lipinski definition) is 0. The Morgan fingerprint density at radius 3 is 2.63 bits per heavy atom. The summed E-state index contributed by atoms with van der Waals surface area (Å²) in [6, 6.07) is 3.99. The third-order valence-electron chi connectivity index (χ3n) is 2.16. The van der Waals surface area contributed by atoms with E-state index in [2.05, 4.69) is 25.9 Å². The van der Waals surface area contributed by atoms with Crippen LogP contribution in [0, 0.1) is 10.1 Å². The minimum absolute atomic E-state index is 0.0760. The van der Waals surface area contributed by atoms with Crippen molar-refractivity contribution in [3.8, 4) is 11.8 Å². The van der Waals surface area contributed by atoms with Gasteiger partial charge < -0.3 is 4.74 Å². The van der Waals surface area contributed by atoms with Crippen LogP contribution in [0.2, 0.25) is 5.02 Å². The van der Waals surface area contributed by atoms with Gasteiger partial charge in [0.15, 0.2) is 5.75 Å². The standard InChI is InChI=1S/C11H7BrClN3O3/c12-4-7-5-14-11(15-6-7)19-10-3-8(16(17)18)1-2-9(10)13/h1-3,5-6H,4H2. The van der Waals surface area contributed by atoms with E-state index < -0.39 is 4.92 Å². The summed E-state index contributed by atoms with van der Waals surface area (Å²) >= 11 is 9.17. The Morgan fingerprint density at radius 1 is 1.37 bits per heavy atom. The van der Waals surface area contributed by atoms with Crippen LogP contribution in [0.4, 0.5) is 5.69 Å². The predicted molar refractivity (Wildman–Crippen MR) is 72.8 cm³/mol. The van der Waals surface area contributed by atoms with Crippen molar-refractivity contribution in [2.45, 2.75) is 5.33 Å². The SMILES string of the molecule is O=[N+]([O-])c1ccc(Cl)c(Oc2ncc(CBr)cn2)c1. The van der Waals surface area contributed by atoms with Gasteiger partial charge in [-0.05, 0) is 11.6 Å². The smallest absolute Gasteiger partial charge is 0.321 e. The lowest BCUT2D eigenvalue weighted by molar-refractivity contribution is -0.384. The first-order chi connectivity index (χ1) is 9.10. The van der Waals surface area contributed by atoms with Crippen molar-refractivity contribution in [3.05, 3.63) is 51.3 Å². The van der Waals surface area contributed by atoms with Crippen LogP contribution in [0.3, 0.4) is 0 Å². The van der Waals surface area contributed by atoms with Crippen molar-refractivity contribution in [2.24, 2.45) is 0 Å². The van der Waals surface area contributed by atoms with Gasteiger partial charge in [-0.3, -0.25) is 10.1 Å². The van der Waals surface area contributed by atoms with E-state index in [0.717, 1.165) is 5.56 Å². The summed E-state index contributed by atoms with van der Waals surface area (Å²) in [6.45, 7) is 0. The highest BCUT2D eigenvalue weighted by molar-refractivity contribution is 9.08. The summed E-state index contributed by atoms with van der Waals surface area (Å²) in [5, 5.41) is 11.5. The van der Waals surface area contributed by atoms with Gasteiger partial charge in [-0.25, -0.2) is 9.97 Å². The van der Waals surface area contributed by atoms with E-state index in [4.69, 9.17) is 16.3 Å². The van der Waals surface area contributed by atoms with Crippen LogP contribution in [-0.2, 0) is 5.33 Å². The van der Waals surface area contributed by atoms with Crippen LogP contribution in [0.5, 0.6) is 11.8 Å². The van der Waals surface area contributed by atoms with Gasteiger partial charge >= 0.3 is 6.01 Å². The van der Waals surface area contributed by atoms with Crippen molar-refractivity contribution in [1.29, 1.82) is 0 Å². The lowest BCUT2D eigenvalue weighted by atomic mass is 10.3. The van der Waals surface area contributed by atoms with E-state index in [9.17, 15) is 10.1 Å². The number of hydrogen-bond acceptors (Lipinski definition) is 5. The Kier molecular flexibility index (Phi) is 4.28. The van der Waals surface area contributed by atoms with Gasteiger partial charge in [0.2, 0.25) is 0 Å². The Hall–Kier alpha value is -1.73. The largest absolute Gasteiger partial charge is 0.422 e. The molecule has 0 bridgehead atoms. The summed E-state index contributed by atoms with van der Waals surface area (Å²) in [7, 11) is 0. The number of non-ortho nitro benzene ring substituents is 1. The fraction of sp³-hybridized carbons (Fsp3) is 0.0909. The molecule has 0 aliphatic rings. The molecule has 1 heterocycles. The Labute approximate surface area is 121 Å². The lowest BCUT2D eigenvalue weighted by Gasteiger charge is -2.05. The first-order valence-corrected chi connectivity index (χ1v) is 6.59. The maximum absolute atomic E-state index is 10.7. The predicted octanol–water partition coefficient (Wildman–Crippen LogP) is 3.73. The Bertz CT molecular complexity index is 607. The molecule has 0 aliphatic heterocycles. The lowest BCUT2D eigenvalue weighted by Crippen LogP contribution is -1.95. The van der Waals surface area contributed by atoms with Crippen LogP contribution >= 0.6 is 27.5 Å². The molecule has 6 nitrogen and oxygen atoms in total. The molecule has 8 heteroatoms. The van der Waals surface area contributed by atoms with Crippen LogP contribution in [0.25, 0.3) is 0 Å². The number of halogens is 2. The number of alkyl halides is 1. The number of nitro groups is 1. The van der Waals surface area contributed by atoms with Crippen LogP contribution in [0.15, 0.2) is 30.6 Å². The number of rotatable bonds is 4. The monoisotopic (exact) mass is 343 g/mol. The van der Waals surface area contributed by atoms with Crippen molar-refractivity contribution in [2.75, 3.05) is 0 Å². The average molecular weight is 345 g/mol. The molecule has 19 heavy (non-hydrogen) atoms. The van der Waals surface area contributed by atoms with Crippen LogP contribution in [-0.4, -0.2) is 14.9 Å². The van der Waals surface area contributed by atoms with Gasteiger partial charge in [0.25, 0.3) is 5.69 Å². The second-order valence-corrected chi connectivity index (χ2v) is 4.45. The van der Waals surface area contributed by atoms with Gasteiger partial charge in [-0.2, -0.15) is 0 Å².